The van der Waals surface area contributed by atoms with Crippen LogP contribution >= 0.6 is 0 Å². The second kappa shape index (κ2) is 5.01. The van der Waals surface area contributed by atoms with Gasteiger partial charge in [-0.2, -0.15) is 4.98 Å². The lowest BCUT2D eigenvalue weighted by molar-refractivity contribution is -0.119. The summed E-state index contributed by atoms with van der Waals surface area (Å²) in [6.45, 7) is 1.68. The quantitative estimate of drug-likeness (QED) is 0.700. The zero-order chi connectivity index (χ0) is 13.1. The van der Waals surface area contributed by atoms with Crippen molar-refractivity contribution in [1.29, 1.82) is 0 Å². The number of rotatable bonds is 3. The van der Waals surface area contributed by atoms with Gasteiger partial charge >= 0.3 is 0 Å². The third kappa shape index (κ3) is 2.57. The Morgan fingerprint density at radius 2 is 2.33 bits per heavy atom. The zero-order valence-corrected chi connectivity index (χ0v) is 10.1. The number of anilines is 2. The number of hydrogen-bond donors (Lipinski definition) is 3. The Morgan fingerprint density at radius 3 is 3.06 bits per heavy atom. The first kappa shape index (κ1) is 12.3. The molecule has 96 valence electrons. The minimum absolute atomic E-state index is 0.0652. The fourth-order valence-corrected chi connectivity index (χ4v) is 1.40. The average molecular weight is 250 g/mol. The summed E-state index contributed by atoms with van der Waals surface area (Å²) in [6, 6.07) is 2.93. The van der Waals surface area contributed by atoms with E-state index in [1.54, 1.807) is 26.1 Å². The van der Waals surface area contributed by atoms with Crippen LogP contribution in [0.1, 0.15) is 6.92 Å². The molecular formula is C11H14N4O3. The Kier molecular flexibility index (Phi) is 3.42. The van der Waals surface area contributed by atoms with Crippen molar-refractivity contribution in [2.75, 3.05) is 24.3 Å². The van der Waals surface area contributed by atoms with E-state index in [4.69, 9.17) is 4.74 Å². The van der Waals surface area contributed by atoms with Crippen LogP contribution < -0.4 is 20.7 Å². The SMILES string of the molecule is CN[C@@H](C)C(=O)Nc1ccc2c(n1)OCC(=O)N2. The number of amides is 2. The number of nitrogens with zero attached hydrogens (tertiary/aromatic N) is 1. The molecule has 0 spiro atoms. The molecule has 2 heterocycles. The molecule has 1 aromatic rings. The molecule has 0 saturated heterocycles. The maximum atomic E-state index is 11.6. The lowest BCUT2D eigenvalue weighted by Gasteiger charge is -2.17. The number of pyridine rings is 1. The van der Waals surface area contributed by atoms with Crippen molar-refractivity contribution in [3.05, 3.63) is 12.1 Å². The summed E-state index contributed by atoms with van der Waals surface area (Å²) in [6.07, 6.45) is 0. The van der Waals surface area contributed by atoms with Gasteiger partial charge in [0.15, 0.2) is 6.61 Å². The third-order valence-electron chi connectivity index (χ3n) is 2.55. The van der Waals surface area contributed by atoms with E-state index in [1.165, 1.54) is 0 Å². The number of likely N-dealkylation sites (N-methyl/N-ethyl adjacent to an activating group) is 1. The van der Waals surface area contributed by atoms with Crippen LogP contribution in [0.25, 0.3) is 0 Å². The van der Waals surface area contributed by atoms with E-state index in [0.717, 1.165) is 0 Å². The van der Waals surface area contributed by atoms with Crippen molar-refractivity contribution in [3.8, 4) is 5.88 Å². The number of carbonyl (C=O) groups is 2. The molecular weight excluding hydrogens is 236 g/mol. The molecule has 2 amide bonds. The van der Waals surface area contributed by atoms with Crippen molar-refractivity contribution in [2.24, 2.45) is 0 Å². The Morgan fingerprint density at radius 1 is 1.56 bits per heavy atom. The first-order valence-corrected chi connectivity index (χ1v) is 5.52. The number of carbonyl (C=O) groups excluding carboxylic acids is 2. The normalized spacial score (nSPS) is 15.1. The second-order valence-electron chi connectivity index (χ2n) is 3.89. The third-order valence-corrected chi connectivity index (χ3v) is 2.55. The van der Waals surface area contributed by atoms with Gasteiger partial charge in [-0.05, 0) is 26.1 Å². The molecule has 1 aliphatic rings. The molecule has 1 aliphatic heterocycles. The Hall–Kier alpha value is -2.15. The molecule has 18 heavy (non-hydrogen) atoms. The van der Waals surface area contributed by atoms with Crippen LogP contribution in [0.2, 0.25) is 0 Å². The van der Waals surface area contributed by atoms with Gasteiger partial charge in [-0.25, -0.2) is 0 Å². The van der Waals surface area contributed by atoms with E-state index in [-0.39, 0.29) is 24.5 Å². The van der Waals surface area contributed by atoms with Crippen molar-refractivity contribution >= 4 is 23.3 Å². The standard InChI is InChI=1S/C11H14N4O3/c1-6(12-2)10(17)14-8-4-3-7-11(15-8)18-5-9(16)13-7/h3-4,6,12H,5H2,1-2H3,(H,13,16)(H,14,15,17)/t6-/m0/s1. The van der Waals surface area contributed by atoms with Crippen LogP contribution in [-0.2, 0) is 9.59 Å². The molecule has 0 saturated carbocycles. The molecule has 0 bridgehead atoms. The van der Waals surface area contributed by atoms with Gasteiger partial charge < -0.3 is 20.7 Å². The van der Waals surface area contributed by atoms with Crippen LogP contribution in [0.5, 0.6) is 5.88 Å². The predicted octanol–water partition coefficient (Wildman–Crippen LogP) is -0.0411. The number of ether oxygens (including phenoxy) is 1. The monoisotopic (exact) mass is 250 g/mol. The molecule has 3 N–H and O–H groups in total. The maximum absolute atomic E-state index is 11.6. The smallest absolute Gasteiger partial charge is 0.262 e. The highest BCUT2D eigenvalue weighted by molar-refractivity contribution is 5.96. The molecule has 7 heteroatoms. The highest BCUT2D eigenvalue weighted by Crippen LogP contribution is 2.26. The average Bonchev–Trinajstić information content (AvgIpc) is 2.38. The topological polar surface area (TPSA) is 92.3 Å². The van der Waals surface area contributed by atoms with Crippen LogP contribution in [0.3, 0.4) is 0 Å². The van der Waals surface area contributed by atoms with Crippen LogP contribution in [0, 0.1) is 0 Å². The van der Waals surface area contributed by atoms with E-state index in [1.807, 2.05) is 0 Å². The highest BCUT2D eigenvalue weighted by atomic mass is 16.5. The Bertz CT molecular complexity index is 489. The van der Waals surface area contributed by atoms with E-state index in [0.29, 0.717) is 17.4 Å². The van der Waals surface area contributed by atoms with Gasteiger partial charge in [0.2, 0.25) is 11.8 Å². The van der Waals surface area contributed by atoms with Gasteiger partial charge in [0.05, 0.1) is 6.04 Å². The van der Waals surface area contributed by atoms with Crippen LogP contribution in [-0.4, -0.2) is 36.5 Å². The Balaban J connectivity index is 2.12. The molecule has 0 radical (unpaired) electrons. The summed E-state index contributed by atoms with van der Waals surface area (Å²) in [5.74, 6) is 0.288. The van der Waals surface area contributed by atoms with Crippen molar-refractivity contribution in [1.82, 2.24) is 10.3 Å². The summed E-state index contributed by atoms with van der Waals surface area (Å²) >= 11 is 0. The summed E-state index contributed by atoms with van der Waals surface area (Å²) in [5.41, 5.74) is 0.505. The minimum Gasteiger partial charge on any atom is -0.466 e. The molecule has 0 aromatic carbocycles. The van der Waals surface area contributed by atoms with Crippen molar-refractivity contribution < 1.29 is 14.3 Å². The van der Waals surface area contributed by atoms with E-state index in [9.17, 15) is 9.59 Å². The summed E-state index contributed by atoms with van der Waals surface area (Å²) < 4.78 is 5.15. The molecule has 7 nitrogen and oxygen atoms in total. The highest BCUT2D eigenvalue weighted by Gasteiger charge is 2.18. The van der Waals surface area contributed by atoms with Crippen molar-refractivity contribution in [2.45, 2.75) is 13.0 Å². The number of hydrogen-bond acceptors (Lipinski definition) is 5. The van der Waals surface area contributed by atoms with Crippen LogP contribution in [0.15, 0.2) is 12.1 Å². The van der Waals surface area contributed by atoms with Gasteiger partial charge in [-0.15, -0.1) is 0 Å². The lowest BCUT2D eigenvalue weighted by atomic mass is 10.3. The van der Waals surface area contributed by atoms with Crippen LogP contribution in [0.4, 0.5) is 11.5 Å². The fourth-order valence-electron chi connectivity index (χ4n) is 1.40. The van der Waals surface area contributed by atoms with E-state index >= 15 is 0 Å². The molecule has 0 aliphatic carbocycles. The summed E-state index contributed by atoms with van der Waals surface area (Å²) in [5, 5.41) is 8.10. The number of nitrogens with one attached hydrogen (secondary N) is 3. The molecule has 2 rings (SSSR count). The first-order valence-electron chi connectivity index (χ1n) is 5.52. The van der Waals surface area contributed by atoms with E-state index < -0.39 is 0 Å². The van der Waals surface area contributed by atoms with Gasteiger partial charge in [0.25, 0.3) is 5.91 Å². The molecule has 1 aromatic heterocycles. The maximum Gasteiger partial charge on any atom is 0.262 e. The van der Waals surface area contributed by atoms with E-state index in [2.05, 4.69) is 20.9 Å². The van der Waals surface area contributed by atoms with Gasteiger partial charge in [-0.3, -0.25) is 9.59 Å². The summed E-state index contributed by atoms with van der Waals surface area (Å²) in [4.78, 5) is 26.8. The van der Waals surface area contributed by atoms with Crippen molar-refractivity contribution in [3.63, 3.8) is 0 Å². The molecule has 1 atom stereocenters. The van der Waals surface area contributed by atoms with Gasteiger partial charge in [0, 0.05) is 0 Å². The number of fused-ring (bicyclic) bond motifs is 1. The predicted molar refractivity (Wildman–Crippen MR) is 65.5 cm³/mol. The number of aromatic nitrogens is 1. The molecule has 0 fully saturated rings. The molecule has 0 unspecified atom stereocenters. The van der Waals surface area contributed by atoms with Gasteiger partial charge in [0.1, 0.15) is 11.5 Å². The Labute approximate surface area is 104 Å². The zero-order valence-electron chi connectivity index (χ0n) is 10.1. The lowest BCUT2D eigenvalue weighted by Crippen LogP contribution is -2.35. The minimum atomic E-state index is -0.316. The summed E-state index contributed by atoms with van der Waals surface area (Å²) in [7, 11) is 1.70. The first-order chi connectivity index (χ1) is 8.60. The van der Waals surface area contributed by atoms with Gasteiger partial charge in [-0.1, -0.05) is 0 Å². The fraction of sp³-hybridized carbons (Fsp3) is 0.364. The largest absolute Gasteiger partial charge is 0.466 e. The second-order valence-corrected chi connectivity index (χ2v) is 3.89.